The molecule has 0 radical (unpaired) electrons. The van der Waals surface area contributed by atoms with Crippen molar-refractivity contribution in [1.82, 2.24) is 29.9 Å². The third kappa shape index (κ3) is 5.99. The molecule has 220 valence electrons. The lowest BCUT2D eigenvalue weighted by atomic mass is 9.99. The van der Waals surface area contributed by atoms with Crippen molar-refractivity contribution in [2.75, 3.05) is 6.54 Å². The van der Waals surface area contributed by atoms with E-state index in [1.54, 1.807) is 17.4 Å². The lowest BCUT2D eigenvalue weighted by molar-refractivity contribution is -0.192. The minimum absolute atomic E-state index is 0.108. The summed E-state index contributed by atoms with van der Waals surface area (Å²) in [6, 6.07) is 8.84. The van der Waals surface area contributed by atoms with Gasteiger partial charge in [0.15, 0.2) is 5.82 Å². The number of benzene rings is 1. The molecule has 0 saturated heterocycles. The Morgan fingerprint density at radius 2 is 1.98 bits per heavy atom. The van der Waals surface area contributed by atoms with Crippen LogP contribution in [0.1, 0.15) is 25.1 Å². The Hall–Kier alpha value is -4.30. The third-order valence-electron chi connectivity index (χ3n) is 6.25. The van der Waals surface area contributed by atoms with Crippen molar-refractivity contribution in [3.8, 4) is 34.1 Å². The van der Waals surface area contributed by atoms with Gasteiger partial charge in [-0.2, -0.15) is 23.4 Å². The molecule has 2 N–H and O–H groups in total. The van der Waals surface area contributed by atoms with E-state index in [4.69, 9.17) is 24.7 Å². The molecule has 1 aliphatic heterocycles. The van der Waals surface area contributed by atoms with E-state index < -0.39 is 12.1 Å². The molecule has 5 aromatic rings. The fraction of sp³-hybridized carbons (Fsp3) is 0.286. The standard InChI is InChI=1S/C26H25FN6OS.C2HF3O2/c1-15(2)34-22-10-17(27)4-5-19(22)23-24(21-11-18-13-28-7-8-32(18)31-21)30-26(20-6-9-35-25(20)23)33-14-16(3)12-29-33;3-2(4,5)1(6)7/h4-6,9-12,14-15,28H,7-8,13H2,1-3H3;(H,6,7). The zero-order valence-corrected chi connectivity index (χ0v) is 23.6. The number of aryl methyl sites for hydroxylation is 1. The summed E-state index contributed by atoms with van der Waals surface area (Å²) in [5, 5.41) is 23.0. The number of nitrogens with one attached hydrogen (secondary N) is 1. The summed E-state index contributed by atoms with van der Waals surface area (Å²) in [5.74, 6) is -1.86. The van der Waals surface area contributed by atoms with Crippen LogP contribution in [0.2, 0.25) is 0 Å². The molecule has 0 unspecified atom stereocenters. The van der Waals surface area contributed by atoms with E-state index in [1.165, 1.54) is 12.1 Å². The number of carboxylic acid groups (broad SMARTS) is 1. The molecule has 42 heavy (non-hydrogen) atoms. The first-order chi connectivity index (χ1) is 19.9. The van der Waals surface area contributed by atoms with Crippen LogP contribution in [0.25, 0.3) is 38.4 Å². The number of nitrogens with zero attached hydrogens (tertiary/aromatic N) is 5. The van der Waals surface area contributed by atoms with E-state index in [-0.39, 0.29) is 11.9 Å². The van der Waals surface area contributed by atoms with Gasteiger partial charge >= 0.3 is 12.1 Å². The number of hydrogen-bond donors (Lipinski definition) is 2. The van der Waals surface area contributed by atoms with Crippen LogP contribution in [0.4, 0.5) is 17.6 Å². The second kappa shape index (κ2) is 11.5. The van der Waals surface area contributed by atoms with Crippen LogP contribution >= 0.6 is 11.3 Å². The Morgan fingerprint density at radius 1 is 1.21 bits per heavy atom. The smallest absolute Gasteiger partial charge is 0.490 e. The maximum absolute atomic E-state index is 14.3. The van der Waals surface area contributed by atoms with Crippen LogP contribution in [-0.4, -0.2) is 54.4 Å². The van der Waals surface area contributed by atoms with Gasteiger partial charge in [0.1, 0.15) is 23.0 Å². The Labute approximate surface area is 241 Å². The number of aliphatic carboxylic acids is 1. The molecule has 1 aliphatic rings. The number of aromatic nitrogens is 5. The van der Waals surface area contributed by atoms with E-state index in [0.29, 0.717) is 5.75 Å². The van der Waals surface area contributed by atoms with E-state index >= 15 is 0 Å². The first-order valence-electron chi connectivity index (χ1n) is 12.9. The van der Waals surface area contributed by atoms with Crippen LogP contribution < -0.4 is 10.1 Å². The number of ether oxygens (including phenoxy) is 1. The fourth-order valence-corrected chi connectivity index (χ4v) is 5.46. The topological polar surface area (TPSA) is 107 Å². The third-order valence-corrected chi connectivity index (χ3v) is 7.18. The summed E-state index contributed by atoms with van der Waals surface area (Å²) < 4.78 is 57.0. The average Bonchev–Trinajstić information content (AvgIpc) is 3.67. The van der Waals surface area contributed by atoms with Crippen molar-refractivity contribution in [2.24, 2.45) is 0 Å². The molecule has 0 atom stereocenters. The van der Waals surface area contributed by atoms with Gasteiger partial charge < -0.3 is 15.2 Å². The first kappa shape index (κ1) is 29.2. The molecule has 0 spiro atoms. The van der Waals surface area contributed by atoms with Crippen molar-refractivity contribution in [2.45, 2.75) is 46.1 Å². The normalized spacial score (nSPS) is 13.1. The number of pyridine rings is 1. The molecule has 9 nitrogen and oxygen atoms in total. The molecule has 0 amide bonds. The Morgan fingerprint density at radius 3 is 2.62 bits per heavy atom. The number of alkyl halides is 3. The zero-order valence-electron chi connectivity index (χ0n) is 22.7. The van der Waals surface area contributed by atoms with Crippen molar-refractivity contribution >= 4 is 27.4 Å². The number of carboxylic acids is 1. The molecule has 0 bridgehead atoms. The number of carbonyl (C=O) groups is 1. The number of thiophene rings is 1. The maximum Gasteiger partial charge on any atom is 0.490 e. The van der Waals surface area contributed by atoms with Gasteiger partial charge in [-0.05, 0) is 56.0 Å². The van der Waals surface area contributed by atoms with E-state index in [9.17, 15) is 17.6 Å². The quantitative estimate of drug-likeness (QED) is 0.238. The summed E-state index contributed by atoms with van der Waals surface area (Å²) in [5.41, 5.74) is 5.35. The van der Waals surface area contributed by atoms with Crippen molar-refractivity contribution in [1.29, 1.82) is 0 Å². The highest BCUT2D eigenvalue weighted by Gasteiger charge is 2.38. The number of halogens is 4. The molecule has 0 fully saturated rings. The van der Waals surface area contributed by atoms with Crippen molar-refractivity contribution < 1.29 is 32.2 Å². The van der Waals surface area contributed by atoms with Crippen LogP contribution in [0.3, 0.4) is 0 Å². The summed E-state index contributed by atoms with van der Waals surface area (Å²) in [7, 11) is 0. The second-order valence-corrected chi connectivity index (χ2v) is 10.7. The predicted molar refractivity (Wildman–Crippen MR) is 149 cm³/mol. The fourth-order valence-electron chi connectivity index (χ4n) is 4.51. The largest absolute Gasteiger partial charge is 0.490 e. The van der Waals surface area contributed by atoms with Gasteiger partial charge in [0.05, 0.1) is 24.5 Å². The van der Waals surface area contributed by atoms with Gasteiger partial charge in [-0.15, -0.1) is 11.3 Å². The van der Waals surface area contributed by atoms with Crippen LogP contribution in [0.15, 0.2) is 48.1 Å². The summed E-state index contributed by atoms with van der Waals surface area (Å²) in [4.78, 5) is 14.0. The SMILES string of the molecule is Cc1cnn(-c2nc(-c3cc4n(n3)CCNC4)c(-c3ccc(F)cc3OC(C)C)c3sccc23)c1.O=C(O)C(F)(F)F. The van der Waals surface area contributed by atoms with Gasteiger partial charge in [0.2, 0.25) is 0 Å². The van der Waals surface area contributed by atoms with E-state index in [2.05, 4.69) is 22.5 Å². The van der Waals surface area contributed by atoms with Crippen molar-refractivity contribution in [3.05, 3.63) is 65.2 Å². The maximum atomic E-state index is 14.3. The van der Waals surface area contributed by atoms with Gasteiger partial charge in [0, 0.05) is 46.6 Å². The Kier molecular flexibility index (Phi) is 8.01. The number of rotatable bonds is 5. The summed E-state index contributed by atoms with van der Waals surface area (Å²) >= 11 is 1.62. The Bertz CT molecular complexity index is 1730. The van der Waals surface area contributed by atoms with Crippen LogP contribution in [-0.2, 0) is 17.9 Å². The molecule has 1 aromatic carbocycles. The first-order valence-corrected chi connectivity index (χ1v) is 13.8. The van der Waals surface area contributed by atoms with Crippen LogP contribution in [0.5, 0.6) is 5.75 Å². The van der Waals surface area contributed by atoms with Crippen LogP contribution in [0, 0.1) is 12.7 Å². The Balaban J connectivity index is 0.000000451. The molecule has 4 aromatic heterocycles. The lowest BCUT2D eigenvalue weighted by Gasteiger charge is -2.18. The minimum Gasteiger partial charge on any atom is -0.490 e. The van der Waals surface area contributed by atoms with Gasteiger partial charge in [-0.1, -0.05) is 0 Å². The van der Waals surface area contributed by atoms with Gasteiger partial charge in [-0.25, -0.2) is 18.9 Å². The zero-order chi connectivity index (χ0) is 30.2. The molecule has 5 heterocycles. The highest BCUT2D eigenvalue weighted by molar-refractivity contribution is 7.18. The number of hydrogen-bond acceptors (Lipinski definition) is 7. The summed E-state index contributed by atoms with van der Waals surface area (Å²) in [6.07, 6.45) is -1.40. The predicted octanol–water partition coefficient (Wildman–Crippen LogP) is 5.98. The molecular formula is C28H26F4N6O3S. The molecule has 6 rings (SSSR count). The lowest BCUT2D eigenvalue weighted by Crippen LogP contribution is -2.28. The molecule has 14 heteroatoms. The molecule has 0 aliphatic carbocycles. The monoisotopic (exact) mass is 602 g/mol. The average molecular weight is 603 g/mol. The highest BCUT2D eigenvalue weighted by atomic mass is 32.1. The molecular weight excluding hydrogens is 576 g/mol. The number of fused-ring (bicyclic) bond motifs is 2. The second-order valence-electron chi connectivity index (χ2n) is 9.82. The van der Waals surface area contributed by atoms with E-state index in [0.717, 1.165) is 69.3 Å². The van der Waals surface area contributed by atoms with Gasteiger partial charge in [0.25, 0.3) is 0 Å². The summed E-state index contributed by atoms with van der Waals surface area (Å²) in [6.45, 7) is 8.32. The van der Waals surface area contributed by atoms with Gasteiger partial charge in [-0.3, -0.25) is 4.68 Å². The highest BCUT2D eigenvalue weighted by Crippen LogP contribution is 2.45. The molecule has 0 saturated carbocycles. The van der Waals surface area contributed by atoms with Crippen molar-refractivity contribution in [3.63, 3.8) is 0 Å². The van der Waals surface area contributed by atoms with E-state index in [1.807, 2.05) is 47.9 Å². The minimum atomic E-state index is -5.08.